The summed E-state index contributed by atoms with van der Waals surface area (Å²) < 4.78 is 11.3. The molecular weight excluding hydrogens is 707 g/mol. The van der Waals surface area contributed by atoms with Gasteiger partial charge in [-0.3, -0.25) is 4.79 Å². The van der Waals surface area contributed by atoms with Gasteiger partial charge in [0.05, 0.1) is 25.4 Å². The zero-order valence-electron chi connectivity index (χ0n) is 35.9. The molecule has 328 valence electrons. The van der Waals surface area contributed by atoms with E-state index in [-0.39, 0.29) is 12.5 Å². The van der Waals surface area contributed by atoms with E-state index < -0.39 is 49.5 Å². The molecule has 0 aromatic rings. The van der Waals surface area contributed by atoms with Gasteiger partial charge in [0.1, 0.15) is 24.4 Å². The number of hydrogen-bond acceptors (Lipinski definition) is 8. The fourth-order valence-electron chi connectivity index (χ4n) is 7.29. The van der Waals surface area contributed by atoms with Crippen LogP contribution in [-0.2, 0) is 14.3 Å². The number of unbranched alkanes of at least 4 members (excludes halogenated alkanes) is 22. The fourth-order valence-corrected chi connectivity index (χ4v) is 7.29. The van der Waals surface area contributed by atoms with Crippen LogP contribution in [0.3, 0.4) is 0 Å². The van der Waals surface area contributed by atoms with Crippen molar-refractivity contribution in [3.05, 3.63) is 36.5 Å². The third kappa shape index (κ3) is 27.9. The van der Waals surface area contributed by atoms with Gasteiger partial charge in [-0.1, -0.05) is 185 Å². The standard InChI is InChI=1S/C47H87NO8/c1-3-5-7-9-11-13-15-17-19-21-23-25-27-29-31-33-35-37-43(51)48-40(39-55-47-46(54)45(53)44(52)42(38-49)56-47)41(50)36-34-32-30-28-26-24-22-20-18-16-14-12-10-8-6-4-2/h5,7,11,13,17,19,40-42,44-47,49-50,52-54H,3-4,6,8-10,12,14-16,18,20-39H2,1-2H3,(H,48,51)/b7-5-,13-11-,19-17-. The molecule has 1 rings (SSSR count). The Labute approximate surface area is 342 Å². The lowest BCUT2D eigenvalue weighted by atomic mass is 9.99. The van der Waals surface area contributed by atoms with E-state index >= 15 is 0 Å². The average Bonchev–Trinajstić information content (AvgIpc) is 3.20. The Morgan fingerprint density at radius 2 is 1.11 bits per heavy atom. The lowest BCUT2D eigenvalue weighted by Gasteiger charge is -2.40. The van der Waals surface area contributed by atoms with Gasteiger partial charge < -0.3 is 40.3 Å². The van der Waals surface area contributed by atoms with Crippen molar-refractivity contribution in [1.82, 2.24) is 5.32 Å². The first-order valence-electron chi connectivity index (χ1n) is 23.2. The molecule has 0 aliphatic carbocycles. The highest BCUT2D eigenvalue weighted by molar-refractivity contribution is 5.76. The van der Waals surface area contributed by atoms with Crippen LogP contribution in [-0.4, -0.2) is 87.5 Å². The van der Waals surface area contributed by atoms with Gasteiger partial charge in [0.15, 0.2) is 6.29 Å². The molecule has 1 aliphatic heterocycles. The predicted octanol–water partition coefficient (Wildman–Crippen LogP) is 9.67. The van der Waals surface area contributed by atoms with Crippen molar-refractivity contribution >= 4 is 5.91 Å². The summed E-state index contributed by atoms with van der Waals surface area (Å²) >= 11 is 0. The molecule has 6 N–H and O–H groups in total. The van der Waals surface area contributed by atoms with E-state index in [1.165, 1.54) is 103 Å². The molecule has 1 fully saturated rings. The summed E-state index contributed by atoms with van der Waals surface area (Å²) in [4.78, 5) is 13.0. The molecule has 7 unspecified atom stereocenters. The predicted molar refractivity (Wildman–Crippen MR) is 230 cm³/mol. The molecule has 0 aromatic carbocycles. The van der Waals surface area contributed by atoms with E-state index in [0.717, 1.165) is 70.6 Å². The van der Waals surface area contributed by atoms with E-state index in [0.29, 0.717) is 12.8 Å². The molecule has 0 bridgehead atoms. The van der Waals surface area contributed by atoms with E-state index in [4.69, 9.17) is 9.47 Å². The molecule has 0 aromatic heterocycles. The number of amides is 1. The summed E-state index contributed by atoms with van der Waals surface area (Å²) in [5.41, 5.74) is 0. The topological polar surface area (TPSA) is 149 Å². The van der Waals surface area contributed by atoms with E-state index in [1.807, 2.05) is 0 Å². The SMILES string of the molecule is CC/C=C\C/C=C\C/C=C\CCCCCCCCCC(=O)NC(COC1OC(CO)C(O)C(O)C1O)C(O)CCCCCCCCCCCCCCCCCC. The molecule has 0 spiro atoms. The second kappa shape index (κ2) is 37.7. The van der Waals surface area contributed by atoms with Gasteiger partial charge in [0.25, 0.3) is 0 Å². The zero-order chi connectivity index (χ0) is 40.9. The van der Waals surface area contributed by atoms with Crippen molar-refractivity contribution < 1.29 is 39.8 Å². The Balaban J connectivity index is 2.33. The van der Waals surface area contributed by atoms with Crippen LogP contribution in [0.25, 0.3) is 0 Å². The zero-order valence-corrected chi connectivity index (χ0v) is 35.9. The molecule has 7 atom stereocenters. The van der Waals surface area contributed by atoms with Gasteiger partial charge in [0.2, 0.25) is 5.91 Å². The third-order valence-corrected chi connectivity index (χ3v) is 11.0. The van der Waals surface area contributed by atoms with Crippen LogP contribution in [0, 0.1) is 0 Å². The fraction of sp³-hybridized carbons (Fsp3) is 0.851. The third-order valence-electron chi connectivity index (χ3n) is 11.0. The first-order chi connectivity index (χ1) is 27.3. The minimum atomic E-state index is -1.55. The van der Waals surface area contributed by atoms with Gasteiger partial charge in [-0.15, -0.1) is 0 Å². The lowest BCUT2D eigenvalue weighted by molar-refractivity contribution is -0.302. The first-order valence-corrected chi connectivity index (χ1v) is 23.2. The minimum absolute atomic E-state index is 0.142. The second-order valence-corrected chi connectivity index (χ2v) is 16.2. The molecule has 56 heavy (non-hydrogen) atoms. The molecule has 1 aliphatic rings. The Bertz CT molecular complexity index is 972. The molecule has 1 heterocycles. The highest BCUT2D eigenvalue weighted by Crippen LogP contribution is 2.23. The summed E-state index contributed by atoms with van der Waals surface area (Å²) in [6.07, 6.45) is 38.6. The molecule has 0 radical (unpaired) electrons. The maximum Gasteiger partial charge on any atom is 0.220 e. The first kappa shape index (κ1) is 52.4. The largest absolute Gasteiger partial charge is 0.394 e. The van der Waals surface area contributed by atoms with Crippen LogP contribution in [0.15, 0.2) is 36.5 Å². The van der Waals surface area contributed by atoms with Crippen molar-refractivity contribution in [2.24, 2.45) is 0 Å². The van der Waals surface area contributed by atoms with Crippen LogP contribution in [0.1, 0.15) is 200 Å². The van der Waals surface area contributed by atoms with E-state index in [2.05, 4.69) is 55.6 Å². The monoisotopic (exact) mass is 794 g/mol. The number of aliphatic hydroxyl groups excluding tert-OH is 5. The van der Waals surface area contributed by atoms with Gasteiger partial charge >= 0.3 is 0 Å². The Hall–Kier alpha value is -1.59. The van der Waals surface area contributed by atoms with E-state index in [9.17, 15) is 30.3 Å². The van der Waals surface area contributed by atoms with Gasteiger partial charge in [0, 0.05) is 6.42 Å². The Morgan fingerprint density at radius 1 is 0.625 bits per heavy atom. The summed E-state index contributed by atoms with van der Waals surface area (Å²) in [6.45, 7) is 3.72. The maximum atomic E-state index is 13.0. The smallest absolute Gasteiger partial charge is 0.220 e. The van der Waals surface area contributed by atoms with Crippen LogP contribution >= 0.6 is 0 Å². The lowest BCUT2D eigenvalue weighted by Crippen LogP contribution is -2.60. The van der Waals surface area contributed by atoms with Crippen LogP contribution in [0.5, 0.6) is 0 Å². The molecule has 9 nitrogen and oxygen atoms in total. The van der Waals surface area contributed by atoms with E-state index in [1.54, 1.807) is 0 Å². The van der Waals surface area contributed by atoms with Crippen LogP contribution in [0.4, 0.5) is 0 Å². The number of ether oxygens (including phenoxy) is 2. The number of carbonyl (C=O) groups excluding carboxylic acids is 1. The molecule has 1 amide bonds. The van der Waals surface area contributed by atoms with Crippen molar-refractivity contribution in [3.63, 3.8) is 0 Å². The van der Waals surface area contributed by atoms with Crippen molar-refractivity contribution in [1.29, 1.82) is 0 Å². The Morgan fingerprint density at radius 3 is 1.64 bits per heavy atom. The molecule has 0 saturated carbocycles. The molecule has 9 heteroatoms. The Kier molecular flexibility index (Phi) is 35.3. The van der Waals surface area contributed by atoms with Crippen LogP contribution in [0.2, 0.25) is 0 Å². The molecule has 1 saturated heterocycles. The van der Waals surface area contributed by atoms with Gasteiger partial charge in [-0.2, -0.15) is 0 Å². The summed E-state index contributed by atoms with van der Waals surface area (Å²) in [5, 5.41) is 54.4. The van der Waals surface area contributed by atoms with Gasteiger partial charge in [-0.05, 0) is 44.9 Å². The molecular formula is C47H87NO8. The average molecular weight is 794 g/mol. The number of allylic oxidation sites excluding steroid dienone is 6. The second-order valence-electron chi connectivity index (χ2n) is 16.2. The van der Waals surface area contributed by atoms with Crippen LogP contribution < -0.4 is 5.32 Å². The number of hydrogen-bond donors (Lipinski definition) is 6. The summed E-state index contributed by atoms with van der Waals surface area (Å²) in [7, 11) is 0. The number of nitrogens with one attached hydrogen (secondary N) is 1. The van der Waals surface area contributed by atoms with Crippen molar-refractivity contribution in [3.8, 4) is 0 Å². The quantitative estimate of drug-likeness (QED) is 0.0268. The van der Waals surface area contributed by atoms with Crippen molar-refractivity contribution in [2.45, 2.75) is 243 Å². The number of aliphatic hydroxyl groups is 5. The van der Waals surface area contributed by atoms with Gasteiger partial charge in [-0.25, -0.2) is 0 Å². The normalized spacial score (nSPS) is 21.4. The minimum Gasteiger partial charge on any atom is -0.394 e. The summed E-state index contributed by atoms with van der Waals surface area (Å²) in [5.74, 6) is -0.155. The maximum absolute atomic E-state index is 13.0. The number of rotatable bonds is 38. The van der Waals surface area contributed by atoms with Crippen molar-refractivity contribution in [2.75, 3.05) is 13.2 Å². The number of carbonyl (C=O) groups is 1. The summed E-state index contributed by atoms with van der Waals surface area (Å²) in [6, 6.07) is -0.723. The highest BCUT2D eigenvalue weighted by atomic mass is 16.7. The highest BCUT2D eigenvalue weighted by Gasteiger charge is 2.44.